The highest BCUT2D eigenvalue weighted by Crippen LogP contribution is 2.50. The van der Waals surface area contributed by atoms with Crippen LogP contribution in [0.2, 0.25) is 0 Å². The Bertz CT molecular complexity index is 1020. The minimum Gasteiger partial charge on any atom is -0.492 e. The van der Waals surface area contributed by atoms with E-state index in [9.17, 15) is 9.59 Å². The number of aromatic nitrogens is 2. The van der Waals surface area contributed by atoms with E-state index < -0.39 is 5.41 Å². The first-order valence-electron chi connectivity index (χ1n) is 8.54. The molecule has 25 heavy (non-hydrogen) atoms. The van der Waals surface area contributed by atoms with Gasteiger partial charge in [-0.2, -0.15) is 0 Å². The number of anilines is 1. The van der Waals surface area contributed by atoms with Gasteiger partial charge < -0.3 is 9.64 Å². The summed E-state index contributed by atoms with van der Waals surface area (Å²) in [6.45, 7) is 5.33. The molecule has 0 N–H and O–H groups in total. The fourth-order valence-electron chi connectivity index (χ4n) is 4.33. The Balaban J connectivity index is 2.12. The molecule has 0 saturated heterocycles. The molecule has 0 aliphatic carbocycles. The van der Waals surface area contributed by atoms with Gasteiger partial charge in [0.2, 0.25) is 0 Å². The first kappa shape index (κ1) is 16.0. The van der Waals surface area contributed by atoms with E-state index in [2.05, 4.69) is 26.0 Å². The van der Waals surface area contributed by atoms with Crippen LogP contribution < -0.4 is 20.9 Å². The lowest BCUT2D eigenvalue weighted by atomic mass is 9.71. The molecule has 1 spiro atoms. The maximum atomic E-state index is 13.1. The number of ether oxygens (including phenoxy) is 1. The van der Waals surface area contributed by atoms with Gasteiger partial charge in [0.05, 0.1) is 11.0 Å². The molecule has 1 aromatic carbocycles. The topological polar surface area (TPSA) is 56.5 Å². The zero-order chi connectivity index (χ0) is 18.1. The van der Waals surface area contributed by atoms with Gasteiger partial charge in [0.25, 0.3) is 5.56 Å². The van der Waals surface area contributed by atoms with E-state index in [0.717, 1.165) is 29.8 Å². The third-order valence-electron chi connectivity index (χ3n) is 6.00. The molecule has 1 aromatic heterocycles. The number of benzene rings is 1. The van der Waals surface area contributed by atoms with E-state index in [1.165, 1.54) is 10.1 Å². The smallest absolute Gasteiger partial charge is 0.332 e. The van der Waals surface area contributed by atoms with Crippen molar-refractivity contribution in [1.29, 1.82) is 0 Å². The number of nitrogens with zero attached hydrogens (tertiary/aromatic N) is 3. The van der Waals surface area contributed by atoms with Crippen molar-refractivity contribution in [2.75, 3.05) is 25.1 Å². The molecular weight excluding hydrogens is 318 g/mol. The lowest BCUT2D eigenvalue weighted by molar-refractivity contribution is 0.274. The zero-order valence-electron chi connectivity index (χ0n) is 15.3. The van der Waals surface area contributed by atoms with Gasteiger partial charge in [-0.1, -0.05) is 12.1 Å². The van der Waals surface area contributed by atoms with Crippen molar-refractivity contribution < 1.29 is 4.74 Å². The van der Waals surface area contributed by atoms with Crippen LogP contribution >= 0.6 is 0 Å². The molecule has 2 aliphatic heterocycles. The van der Waals surface area contributed by atoms with Crippen LogP contribution in [0.25, 0.3) is 0 Å². The van der Waals surface area contributed by atoms with Crippen molar-refractivity contribution in [3.05, 3.63) is 55.2 Å². The van der Waals surface area contributed by atoms with Crippen LogP contribution in [-0.2, 0) is 19.5 Å². The maximum Gasteiger partial charge on any atom is 0.332 e. The van der Waals surface area contributed by atoms with E-state index in [-0.39, 0.29) is 11.2 Å². The molecule has 0 radical (unpaired) electrons. The molecule has 1 atom stereocenters. The lowest BCUT2D eigenvalue weighted by Gasteiger charge is -2.39. The number of aryl methyl sites for hydroxylation is 1. The number of rotatable bonds is 0. The summed E-state index contributed by atoms with van der Waals surface area (Å²) in [7, 11) is 5.21. The molecule has 0 amide bonds. The second-order valence-corrected chi connectivity index (χ2v) is 7.33. The Hall–Kier alpha value is -2.50. The van der Waals surface area contributed by atoms with Crippen molar-refractivity contribution in [3.63, 3.8) is 0 Å². The fraction of sp³-hybridized carbons (Fsp3) is 0.474. The second kappa shape index (κ2) is 5.00. The summed E-state index contributed by atoms with van der Waals surface area (Å²) in [6.07, 6.45) is 0.791. The zero-order valence-corrected chi connectivity index (χ0v) is 15.3. The van der Waals surface area contributed by atoms with Crippen LogP contribution in [-0.4, -0.2) is 29.3 Å². The van der Waals surface area contributed by atoms with Crippen molar-refractivity contribution >= 4 is 5.82 Å². The van der Waals surface area contributed by atoms with Crippen LogP contribution in [0, 0.1) is 13.8 Å². The predicted molar refractivity (Wildman–Crippen MR) is 97.0 cm³/mol. The van der Waals surface area contributed by atoms with Crippen molar-refractivity contribution in [1.82, 2.24) is 9.13 Å². The molecule has 2 aromatic rings. The Morgan fingerprint density at radius 2 is 1.80 bits per heavy atom. The van der Waals surface area contributed by atoms with Gasteiger partial charge in [-0.15, -0.1) is 0 Å². The van der Waals surface area contributed by atoms with Gasteiger partial charge in [0.15, 0.2) is 0 Å². The molecule has 3 heterocycles. The molecule has 4 rings (SSSR count). The number of hydrogen-bond acceptors (Lipinski definition) is 4. The van der Waals surface area contributed by atoms with Crippen LogP contribution in [0.4, 0.5) is 5.82 Å². The van der Waals surface area contributed by atoms with Crippen LogP contribution in [0.1, 0.15) is 28.7 Å². The quantitative estimate of drug-likeness (QED) is 0.723. The second-order valence-electron chi connectivity index (χ2n) is 7.33. The largest absolute Gasteiger partial charge is 0.492 e. The van der Waals surface area contributed by atoms with Gasteiger partial charge in [-0.05, 0) is 31.4 Å². The molecule has 6 nitrogen and oxygen atoms in total. The molecule has 0 saturated carbocycles. The highest BCUT2D eigenvalue weighted by molar-refractivity contribution is 5.63. The molecule has 132 valence electrons. The average Bonchev–Trinajstić information content (AvgIpc) is 2.96. The summed E-state index contributed by atoms with van der Waals surface area (Å²) in [4.78, 5) is 27.5. The normalized spacial score (nSPS) is 21.2. The Kier molecular flexibility index (Phi) is 3.20. The third-order valence-corrected chi connectivity index (χ3v) is 6.00. The summed E-state index contributed by atoms with van der Waals surface area (Å²) in [5.41, 5.74) is 3.03. The Morgan fingerprint density at radius 3 is 2.52 bits per heavy atom. The maximum absolute atomic E-state index is 13.1. The monoisotopic (exact) mass is 341 g/mol. The number of hydrogen-bond donors (Lipinski definition) is 0. The Morgan fingerprint density at radius 1 is 1.08 bits per heavy atom. The SMILES string of the molecule is Cc1ccc2c(c1C)OCC21CCN(C)c2c1c(=O)n(C)c(=O)n2C. The van der Waals surface area contributed by atoms with Crippen LogP contribution in [0.3, 0.4) is 0 Å². The first-order valence-corrected chi connectivity index (χ1v) is 8.54. The summed E-state index contributed by atoms with van der Waals surface area (Å²) in [6, 6.07) is 4.18. The molecule has 6 heteroatoms. The van der Waals surface area contributed by atoms with Gasteiger partial charge in [0, 0.05) is 33.3 Å². The molecule has 1 unspecified atom stereocenters. The van der Waals surface area contributed by atoms with Crippen molar-refractivity contribution in [3.8, 4) is 5.75 Å². The number of fused-ring (bicyclic) bond motifs is 4. The van der Waals surface area contributed by atoms with Crippen LogP contribution in [0.5, 0.6) is 5.75 Å². The molecular formula is C19H23N3O3. The summed E-state index contributed by atoms with van der Waals surface area (Å²) >= 11 is 0. The van der Waals surface area contributed by atoms with E-state index in [1.54, 1.807) is 18.7 Å². The summed E-state index contributed by atoms with van der Waals surface area (Å²) in [5, 5.41) is 0. The van der Waals surface area contributed by atoms with E-state index in [0.29, 0.717) is 18.0 Å². The van der Waals surface area contributed by atoms with E-state index in [4.69, 9.17) is 4.74 Å². The van der Waals surface area contributed by atoms with Crippen molar-refractivity contribution in [2.24, 2.45) is 14.1 Å². The van der Waals surface area contributed by atoms with Gasteiger partial charge in [-0.3, -0.25) is 13.9 Å². The molecule has 0 bridgehead atoms. The van der Waals surface area contributed by atoms with Gasteiger partial charge in [-0.25, -0.2) is 4.79 Å². The summed E-state index contributed by atoms with van der Waals surface area (Å²) in [5.74, 6) is 1.60. The molecule has 2 aliphatic rings. The standard InChI is InChI=1S/C19H23N3O3/c1-11-6-7-13-15(12(11)2)25-10-19(13)8-9-20(3)16-14(19)17(23)22(5)18(24)21(16)4/h6-7H,8-10H2,1-5H3. The minimum absolute atomic E-state index is 0.223. The van der Waals surface area contributed by atoms with E-state index >= 15 is 0 Å². The predicted octanol–water partition coefficient (Wildman–Crippen LogP) is 1.22. The van der Waals surface area contributed by atoms with E-state index in [1.807, 2.05) is 11.9 Å². The fourth-order valence-corrected chi connectivity index (χ4v) is 4.33. The highest BCUT2D eigenvalue weighted by atomic mass is 16.5. The highest BCUT2D eigenvalue weighted by Gasteiger charge is 2.49. The summed E-state index contributed by atoms with van der Waals surface area (Å²) < 4.78 is 8.89. The van der Waals surface area contributed by atoms with Crippen LogP contribution in [0.15, 0.2) is 21.7 Å². The van der Waals surface area contributed by atoms with Crippen molar-refractivity contribution in [2.45, 2.75) is 25.7 Å². The minimum atomic E-state index is -0.490. The molecule has 0 fully saturated rings. The average molecular weight is 341 g/mol. The van der Waals surface area contributed by atoms with Gasteiger partial charge >= 0.3 is 5.69 Å². The first-order chi connectivity index (χ1) is 11.8. The lowest BCUT2D eigenvalue weighted by Crippen LogP contribution is -2.52. The third kappa shape index (κ3) is 1.85. The van der Waals surface area contributed by atoms with Gasteiger partial charge in [0.1, 0.15) is 18.2 Å². The Labute approximate surface area is 146 Å².